The molecule has 1 aliphatic heterocycles. The van der Waals surface area contributed by atoms with Crippen LogP contribution in [0.4, 0.5) is 0 Å². The number of carbonyl (C=O) groups is 1. The number of hydrogen-bond acceptors (Lipinski definition) is 6. The number of halogens is 1. The third-order valence-corrected chi connectivity index (χ3v) is 9.20. The van der Waals surface area contributed by atoms with Crippen LogP contribution in [0.25, 0.3) is 0 Å². The van der Waals surface area contributed by atoms with Crippen molar-refractivity contribution >= 4 is 53.5 Å². The summed E-state index contributed by atoms with van der Waals surface area (Å²) in [5.41, 5.74) is 0. The van der Waals surface area contributed by atoms with Gasteiger partial charge in [-0.3, -0.25) is 4.79 Å². The van der Waals surface area contributed by atoms with Gasteiger partial charge in [0.15, 0.2) is 9.84 Å². The molecule has 0 aliphatic carbocycles. The monoisotopic (exact) mass is 484 g/mol. The molecule has 146 valence electrons. The van der Waals surface area contributed by atoms with Gasteiger partial charge in [-0.1, -0.05) is 6.92 Å². The molecule has 1 aliphatic rings. The zero-order valence-electron chi connectivity index (χ0n) is 14.6. The Kier molecular flexibility index (Phi) is 6.81. The Morgan fingerprint density at radius 3 is 2.62 bits per heavy atom. The summed E-state index contributed by atoms with van der Waals surface area (Å²) in [5.74, 6) is 0.143. The van der Waals surface area contributed by atoms with Gasteiger partial charge in [0.25, 0.3) is 0 Å². The standard InChI is InChI=1S/C15H21BrN2O5S3/c1-4-10(2)17-15(19)13-8-24-9-18(13)26(22,23)14-7-11(25(3,20)21)5-6-12(14)16/h5-7,10,13H,4,8-9H2,1-3H3,(H,17,19). The maximum absolute atomic E-state index is 13.1. The molecule has 26 heavy (non-hydrogen) atoms. The minimum Gasteiger partial charge on any atom is -0.352 e. The molecule has 0 spiro atoms. The second-order valence-electron chi connectivity index (χ2n) is 6.09. The topological polar surface area (TPSA) is 101 Å². The van der Waals surface area contributed by atoms with E-state index in [0.29, 0.717) is 5.75 Å². The Hall–Kier alpha value is -0.620. The van der Waals surface area contributed by atoms with Gasteiger partial charge < -0.3 is 5.32 Å². The van der Waals surface area contributed by atoms with E-state index in [1.165, 1.54) is 23.9 Å². The lowest BCUT2D eigenvalue weighted by Crippen LogP contribution is -2.49. The van der Waals surface area contributed by atoms with E-state index < -0.39 is 25.9 Å². The third-order valence-electron chi connectivity index (χ3n) is 4.06. The smallest absolute Gasteiger partial charge is 0.245 e. The summed E-state index contributed by atoms with van der Waals surface area (Å²) in [6, 6.07) is 2.97. The number of benzene rings is 1. The van der Waals surface area contributed by atoms with Crippen LogP contribution in [0.2, 0.25) is 0 Å². The Morgan fingerprint density at radius 2 is 2.04 bits per heavy atom. The fraction of sp³-hybridized carbons (Fsp3) is 0.533. The summed E-state index contributed by atoms with van der Waals surface area (Å²) in [6.45, 7) is 3.78. The van der Waals surface area contributed by atoms with E-state index in [1.807, 2.05) is 13.8 Å². The first-order chi connectivity index (χ1) is 12.0. The van der Waals surface area contributed by atoms with Gasteiger partial charge in [-0.05, 0) is 47.5 Å². The van der Waals surface area contributed by atoms with Crippen LogP contribution in [-0.2, 0) is 24.7 Å². The predicted octanol–water partition coefficient (Wildman–Crippen LogP) is 1.83. The molecule has 1 saturated heterocycles. The molecule has 0 radical (unpaired) electrons. The van der Waals surface area contributed by atoms with Crippen LogP contribution in [0.1, 0.15) is 20.3 Å². The second-order valence-corrected chi connectivity index (χ2v) is 11.8. The van der Waals surface area contributed by atoms with Gasteiger partial charge in [-0.2, -0.15) is 4.31 Å². The lowest BCUT2D eigenvalue weighted by Gasteiger charge is -2.24. The highest BCUT2D eigenvalue weighted by molar-refractivity contribution is 9.10. The van der Waals surface area contributed by atoms with Crippen LogP contribution in [-0.4, -0.2) is 57.0 Å². The Bertz CT molecular complexity index is 902. The zero-order chi connectivity index (χ0) is 19.7. The number of carbonyl (C=O) groups excluding carboxylic acids is 1. The summed E-state index contributed by atoms with van der Waals surface area (Å²) < 4.78 is 51.2. The number of thioether (sulfide) groups is 1. The fourth-order valence-electron chi connectivity index (χ4n) is 2.35. The molecule has 0 bridgehead atoms. The Balaban J connectivity index is 2.42. The average Bonchev–Trinajstić information content (AvgIpc) is 3.04. The largest absolute Gasteiger partial charge is 0.352 e. The highest BCUT2D eigenvalue weighted by Gasteiger charge is 2.41. The first kappa shape index (κ1) is 21.7. The molecule has 2 unspecified atom stereocenters. The molecule has 2 atom stereocenters. The summed E-state index contributed by atoms with van der Waals surface area (Å²) >= 11 is 4.52. The van der Waals surface area contributed by atoms with Gasteiger partial charge in [-0.15, -0.1) is 11.8 Å². The molecule has 1 heterocycles. The molecule has 1 amide bonds. The lowest BCUT2D eigenvalue weighted by molar-refractivity contribution is -0.124. The van der Waals surface area contributed by atoms with E-state index in [4.69, 9.17) is 0 Å². The average molecular weight is 485 g/mol. The van der Waals surface area contributed by atoms with Crippen LogP contribution in [0.5, 0.6) is 0 Å². The number of nitrogens with one attached hydrogen (secondary N) is 1. The van der Waals surface area contributed by atoms with Gasteiger partial charge in [0.1, 0.15) is 6.04 Å². The van der Waals surface area contributed by atoms with Crippen molar-refractivity contribution < 1.29 is 21.6 Å². The normalized spacial score (nSPS) is 20.1. The van der Waals surface area contributed by atoms with E-state index in [9.17, 15) is 21.6 Å². The first-order valence-corrected chi connectivity index (χ1v) is 13.2. The van der Waals surface area contributed by atoms with E-state index in [0.717, 1.165) is 23.0 Å². The van der Waals surface area contributed by atoms with Gasteiger partial charge in [0, 0.05) is 22.5 Å². The molecule has 0 aromatic heterocycles. The fourth-order valence-corrected chi connectivity index (χ4v) is 7.17. The Labute approximate surface area is 167 Å². The van der Waals surface area contributed by atoms with Crippen LogP contribution in [0, 0.1) is 0 Å². The van der Waals surface area contributed by atoms with Crippen LogP contribution >= 0.6 is 27.7 Å². The van der Waals surface area contributed by atoms with Crippen molar-refractivity contribution in [3.8, 4) is 0 Å². The number of nitrogens with zero attached hydrogens (tertiary/aromatic N) is 1. The molecule has 1 fully saturated rings. The van der Waals surface area contributed by atoms with Crippen LogP contribution in [0.15, 0.2) is 32.5 Å². The summed E-state index contributed by atoms with van der Waals surface area (Å²) in [6.07, 6.45) is 1.75. The van der Waals surface area contributed by atoms with Gasteiger partial charge in [-0.25, -0.2) is 16.8 Å². The predicted molar refractivity (Wildman–Crippen MR) is 105 cm³/mol. The van der Waals surface area contributed by atoms with E-state index in [1.54, 1.807) is 0 Å². The minimum atomic E-state index is -4.05. The highest BCUT2D eigenvalue weighted by atomic mass is 79.9. The highest BCUT2D eigenvalue weighted by Crippen LogP contribution is 2.33. The Morgan fingerprint density at radius 1 is 1.38 bits per heavy atom. The number of sulfone groups is 1. The third kappa shape index (κ3) is 4.61. The summed E-state index contributed by atoms with van der Waals surface area (Å²) in [4.78, 5) is 12.2. The van der Waals surface area contributed by atoms with Crippen molar-refractivity contribution in [1.29, 1.82) is 0 Å². The van der Waals surface area contributed by atoms with E-state index in [2.05, 4.69) is 21.2 Å². The molecule has 1 aromatic carbocycles. The molecular weight excluding hydrogens is 464 g/mol. The summed E-state index contributed by atoms with van der Waals surface area (Å²) in [7, 11) is -7.61. The van der Waals surface area contributed by atoms with Gasteiger partial charge >= 0.3 is 0 Å². The zero-order valence-corrected chi connectivity index (χ0v) is 18.6. The van der Waals surface area contributed by atoms with Crippen molar-refractivity contribution in [2.45, 2.75) is 42.1 Å². The second kappa shape index (κ2) is 8.17. The molecular formula is C15H21BrN2O5S3. The van der Waals surface area contributed by atoms with Crippen molar-refractivity contribution in [3.63, 3.8) is 0 Å². The van der Waals surface area contributed by atoms with Gasteiger partial charge in [0.2, 0.25) is 15.9 Å². The number of rotatable bonds is 6. The molecule has 1 N–H and O–H groups in total. The first-order valence-electron chi connectivity index (χ1n) is 7.88. The maximum atomic E-state index is 13.1. The van der Waals surface area contributed by atoms with Crippen LogP contribution < -0.4 is 5.32 Å². The van der Waals surface area contributed by atoms with Crippen LogP contribution in [0.3, 0.4) is 0 Å². The number of hydrogen-bond donors (Lipinski definition) is 1. The van der Waals surface area contributed by atoms with Crippen molar-refractivity contribution in [1.82, 2.24) is 9.62 Å². The SMILES string of the molecule is CCC(C)NC(=O)C1CSCN1S(=O)(=O)c1cc(S(C)(=O)=O)ccc1Br. The van der Waals surface area contributed by atoms with Crippen molar-refractivity contribution in [2.24, 2.45) is 0 Å². The molecule has 0 saturated carbocycles. The minimum absolute atomic E-state index is 0.0575. The molecule has 7 nitrogen and oxygen atoms in total. The summed E-state index contributed by atoms with van der Waals surface area (Å²) in [5, 5.41) is 2.81. The number of sulfonamides is 1. The lowest BCUT2D eigenvalue weighted by atomic mass is 10.2. The van der Waals surface area contributed by atoms with E-state index >= 15 is 0 Å². The van der Waals surface area contributed by atoms with Gasteiger partial charge in [0.05, 0.1) is 15.7 Å². The molecule has 1 aromatic rings. The quantitative estimate of drug-likeness (QED) is 0.660. The van der Waals surface area contributed by atoms with Crippen molar-refractivity contribution in [2.75, 3.05) is 17.9 Å². The maximum Gasteiger partial charge on any atom is 0.245 e. The van der Waals surface area contributed by atoms with E-state index in [-0.39, 0.29) is 32.1 Å². The molecule has 11 heteroatoms. The number of amides is 1. The molecule has 2 rings (SSSR count). The van der Waals surface area contributed by atoms with Crippen molar-refractivity contribution in [3.05, 3.63) is 22.7 Å².